The van der Waals surface area contributed by atoms with Gasteiger partial charge in [-0.1, -0.05) is 0 Å². The fraction of sp³-hybridized carbons (Fsp3) is 1.00. The molecule has 0 amide bonds. The van der Waals surface area contributed by atoms with Gasteiger partial charge in [-0.25, -0.2) is 0 Å². The summed E-state index contributed by atoms with van der Waals surface area (Å²) in [4.78, 5) is 1.25. The lowest BCUT2D eigenvalue weighted by atomic mass is 10.3. The second kappa shape index (κ2) is 7.86. The van der Waals surface area contributed by atoms with Gasteiger partial charge in [0.05, 0.1) is 13.2 Å². The Kier molecular flexibility index (Phi) is 7.70. The highest BCUT2D eigenvalue weighted by Gasteiger charge is 2.28. The van der Waals surface area contributed by atoms with Crippen LogP contribution >= 0.6 is 0 Å². The van der Waals surface area contributed by atoms with Gasteiger partial charge in [0.1, 0.15) is 0 Å². The van der Waals surface area contributed by atoms with Gasteiger partial charge >= 0.3 is 6.18 Å². The van der Waals surface area contributed by atoms with Gasteiger partial charge in [-0.3, -0.25) is 4.90 Å². The van der Waals surface area contributed by atoms with Gasteiger partial charge in [0.25, 0.3) is 0 Å². The summed E-state index contributed by atoms with van der Waals surface area (Å²) in [7, 11) is 1.46. The molecule has 0 aromatic carbocycles. The predicted molar refractivity (Wildman–Crippen MR) is 57.5 cm³/mol. The first-order chi connectivity index (χ1) is 7.35. The molecular formula is C10H21F3N2O. The van der Waals surface area contributed by atoms with Crippen molar-refractivity contribution in [3.8, 4) is 0 Å². The van der Waals surface area contributed by atoms with E-state index >= 15 is 0 Å². The van der Waals surface area contributed by atoms with Crippen LogP contribution < -0.4 is 5.32 Å². The minimum atomic E-state index is -4.12. The Labute approximate surface area is 94.9 Å². The van der Waals surface area contributed by atoms with Gasteiger partial charge in [-0.05, 0) is 20.9 Å². The molecular weight excluding hydrogens is 221 g/mol. The monoisotopic (exact) mass is 242 g/mol. The van der Waals surface area contributed by atoms with Crippen LogP contribution in [0, 0.1) is 0 Å². The highest BCUT2D eigenvalue weighted by Crippen LogP contribution is 2.14. The highest BCUT2D eigenvalue weighted by molar-refractivity contribution is 4.63. The van der Waals surface area contributed by atoms with Crippen molar-refractivity contribution < 1.29 is 17.9 Å². The zero-order valence-corrected chi connectivity index (χ0v) is 10.1. The third-order valence-electron chi connectivity index (χ3n) is 2.01. The molecule has 0 aliphatic heterocycles. The number of nitrogens with zero attached hydrogens (tertiary/aromatic N) is 1. The van der Waals surface area contributed by atoms with E-state index < -0.39 is 12.7 Å². The van der Waals surface area contributed by atoms with Crippen molar-refractivity contribution in [1.29, 1.82) is 0 Å². The standard InChI is InChI=1S/C10H21F3N2O/c1-4-16-7-9(2)14-5-6-15(3)8-10(11,12)13/h9,14H,4-8H2,1-3H3. The molecule has 0 saturated heterocycles. The normalized spacial score (nSPS) is 14.4. The lowest BCUT2D eigenvalue weighted by Gasteiger charge is -2.20. The Bertz CT molecular complexity index is 176. The number of rotatable bonds is 8. The SMILES string of the molecule is CCOCC(C)NCCN(C)CC(F)(F)F. The van der Waals surface area contributed by atoms with Crippen LogP contribution in [0.3, 0.4) is 0 Å². The van der Waals surface area contributed by atoms with Gasteiger partial charge in [-0.2, -0.15) is 13.2 Å². The molecule has 6 heteroatoms. The predicted octanol–water partition coefficient (Wildman–Crippen LogP) is 1.50. The van der Waals surface area contributed by atoms with Crippen LogP contribution in [-0.4, -0.2) is 57.0 Å². The molecule has 0 fully saturated rings. The van der Waals surface area contributed by atoms with Gasteiger partial charge in [-0.15, -0.1) is 0 Å². The molecule has 0 aliphatic carbocycles. The first-order valence-electron chi connectivity index (χ1n) is 5.41. The number of alkyl halides is 3. The summed E-state index contributed by atoms with van der Waals surface area (Å²) >= 11 is 0. The Balaban J connectivity index is 3.50. The summed E-state index contributed by atoms with van der Waals surface area (Å²) in [5.41, 5.74) is 0. The van der Waals surface area contributed by atoms with Crippen LogP contribution in [0.25, 0.3) is 0 Å². The molecule has 0 spiro atoms. The Morgan fingerprint density at radius 2 is 2.00 bits per heavy atom. The van der Waals surface area contributed by atoms with Crippen LogP contribution in [-0.2, 0) is 4.74 Å². The molecule has 1 atom stereocenters. The molecule has 98 valence electrons. The smallest absolute Gasteiger partial charge is 0.380 e. The lowest BCUT2D eigenvalue weighted by Crippen LogP contribution is -2.39. The first kappa shape index (κ1) is 15.7. The summed E-state index contributed by atoms with van der Waals surface area (Å²) in [5.74, 6) is 0. The largest absolute Gasteiger partial charge is 0.401 e. The number of halogens is 3. The zero-order chi connectivity index (χ0) is 12.6. The van der Waals surface area contributed by atoms with Gasteiger partial charge < -0.3 is 10.1 Å². The van der Waals surface area contributed by atoms with Gasteiger partial charge in [0.15, 0.2) is 0 Å². The molecule has 0 rings (SSSR count). The minimum absolute atomic E-state index is 0.166. The molecule has 0 aromatic heterocycles. The van der Waals surface area contributed by atoms with Crippen molar-refractivity contribution in [1.82, 2.24) is 10.2 Å². The van der Waals surface area contributed by atoms with Crippen molar-refractivity contribution in [2.24, 2.45) is 0 Å². The van der Waals surface area contributed by atoms with E-state index in [0.29, 0.717) is 26.3 Å². The highest BCUT2D eigenvalue weighted by atomic mass is 19.4. The summed E-state index contributed by atoms with van der Waals surface area (Å²) < 4.78 is 41.1. The maximum Gasteiger partial charge on any atom is 0.401 e. The second-order valence-electron chi connectivity index (χ2n) is 3.87. The summed E-state index contributed by atoms with van der Waals surface area (Å²) in [6.45, 7) is 5.12. The third kappa shape index (κ3) is 10.2. The van der Waals surface area contributed by atoms with E-state index in [1.807, 2.05) is 13.8 Å². The molecule has 1 N–H and O–H groups in total. The third-order valence-corrected chi connectivity index (χ3v) is 2.01. The van der Waals surface area contributed by atoms with Crippen molar-refractivity contribution in [3.05, 3.63) is 0 Å². The average molecular weight is 242 g/mol. The second-order valence-corrected chi connectivity index (χ2v) is 3.87. The molecule has 0 bridgehead atoms. The van der Waals surface area contributed by atoms with Crippen LogP contribution in [0.15, 0.2) is 0 Å². The fourth-order valence-electron chi connectivity index (χ4n) is 1.24. The van der Waals surface area contributed by atoms with Crippen molar-refractivity contribution >= 4 is 0 Å². The quantitative estimate of drug-likeness (QED) is 0.698. The molecule has 0 aromatic rings. The molecule has 0 aliphatic rings. The summed E-state index contributed by atoms with van der Waals surface area (Å²) in [5, 5.41) is 3.10. The molecule has 0 heterocycles. The van der Waals surface area contributed by atoms with Crippen LogP contribution in [0.4, 0.5) is 13.2 Å². The molecule has 3 nitrogen and oxygen atoms in total. The van der Waals surface area contributed by atoms with Crippen LogP contribution in [0.5, 0.6) is 0 Å². The first-order valence-corrected chi connectivity index (χ1v) is 5.41. The van der Waals surface area contributed by atoms with E-state index in [4.69, 9.17) is 4.74 Å². The molecule has 16 heavy (non-hydrogen) atoms. The van der Waals surface area contributed by atoms with Crippen molar-refractivity contribution in [3.63, 3.8) is 0 Å². The Morgan fingerprint density at radius 1 is 1.38 bits per heavy atom. The van der Waals surface area contributed by atoms with E-state index in [-0.39, 0.29) is 6.04 Å². The topological polar surface area (TPSA) is 24.5 Å². The van der Waals surface area contributed by atoms with E-state index in [1.165, 1.54) is 11.9 Å². The number of ether oxygens (including phenoxy) is 1. The van der Waals surface area contributed by atoms with E-state index in [0.717, 1.165) is 0 Å². The average Bonchev–Trinajstić information content (AvgIpc) is 2.11. The Morgan fingerprint density at radius 3 is 2.50 bits per heavy atom. The molecule has 0 radical (unpaired) electrons. The zero-order valence-electron chi connectivity index (χ0n) is 10.1. The number of hydrogen-bond acceptors (Lipinski definition) is 3. The van der Waals surface area contributed by atoms with E-state index in [9.17, 15) is 13.2 Å². The number of hydrogen-bond donors (Lipinski definition) is 1. The van der Waals surface area contributed by atoms with Crippen molar-refractivity contribution in [2.75, 3.05) is 39.9 Å². The number of likely N-dealkylation sites (N-methyl/N-ethyl adjacent to an activating group) is 1. The Hall–Kier alpha value is -0.330. The lowest BCUT2D eigenvalue weighted by molar-refractivity contribution is -0.142. The molecule has 0 saturated carbocycles. The van der Waals surface area contributed by atoms with Gasteiger partial charge in [0.2, 0.25) is 0 Å². The van der Waals surface area contributed by atoms with E-state index in [1.54, 1.807) is 0 Å². The van der Waals surface area contributed by atoms with Crippen LogP contribution in [0.2, 0.25) is 0 Å². The van der Waals surface area contributed by atoms with Crippen molar-refractivity contribution in [2.45, 2.75) is 26.1 Å². The van der Waals surface area contributed by atoms with E-state index in [2.05, 4.69) is 5.32 Å². The fourth-order valence-corrected chi connectivity index (χ4v) is 1.24. The summed E-state index contributed by atoms with van der Waals surface area (Å²) in [6, 6.07) is 0.166. The van der Waals surface area contributed by atoms with Crippen LogP contribution in [0.1, 0.15) is 13.8 Å². The maximum atomic E-state index is 12.0. The summed E-state index contributed by atoms with van der Waals surface area (Å²) in [6.07, 6.45) is -4.12. The maximum absolute atomic E-state index is 12.0. The number of nitrogens with one attached hydrogen (secondary N) is 1. The van der Waals surface area contributed by atoms with Gasteiger partial charge in [0, 0.05) is 25.7 Å². The minimum Gasteiger partial charge on any atom is -0.380 e. The molecule has 1 unspecified atom stereocenters.